The van der Waals surface area contributed by atoms with Crippen LogP contribution in [0.1, 0.15) is 18.1 Å². The molecule has 25 heavy (non-hydrogen) atoms. The Labute approximate surface area is 158 Å². The highest BCUT2D eigenvalue weighted by molar-refractivity contribution is 9.10. The molecule has 0 aliphatic carbocycles. The van der Waals surface area contributed by atoms with E-state index in [1.54, 1.807) is 6.07 Å². The van der Waals surface area contributed by atoms with Gasteiger partial charge >= 0.3 is 5.97 Å². The van der Waals surface area contributed by atoms with Crippen LogP contribution >= 0.6 is 27.5 Å². The Hall–Kier alpha value is -1.98. The summed E-state index contributed by atoms with van der Waals surface area (Å²) in [5.41, 5.74) is 4.04. The molecule has 1 aromatic heterocycles. The van der Waals surface area contributed by atoms with E-state index in [0.29, 0.717) is 22.9 Å². The van der Waals surface area contributed by atoms with Crippen LogP contribution in [0.2, 0.25) is 5.02 Å². The number of rotatable bonds is 5. The number of benzene rings is 2. The van der Waals surface area contributed by atoms with Crippen LogP contribution in [0, 0.1) is 6.92 Å². The smallest absolute Gasteiger partial charge is 0.307 e. The molecule has 0 aliphatic rings. The number of H-pyrrole nitrogens is 1. The number of aryl methyl sites for hydroxylation is 1. The molecule has 2 aromatic carbocycles. The summed E-state index contributed by atoms with van der Waals surface area (Å²) in [6.07, 6.45) is -0.128. The minimum Gasteiger partial charge on any atom is -0.493 e. The second-order valence-corrected chi connectivity index (χ2v) is 7.06. The van der Waals surface area contributed by atoms with Crippen LogP contribution in [0.5, 0.6) is 5.75 Å². The Morgan fingerprint density at radius 2 is 2.08 bits per heavy atom. The number of halogens is 2. The normalized spacial score (nSPS) is 11.0. The molecule has 4 nitrogen and oxygen atoms in total. The third kappa shape index (κ3) is 3.39. The number of nitrogens with one attached hydrogen (secondary N) is 1. The lowest BCUT2D eigenvalue weighted by Gasteiger charge is -2.11. The molecule has 3 rings (SSSR count). The predicted molar refractivity (Wildman–Crippen MR) is 104 cm³/mol. The third-order valence-electron chi connectivity index (χ3n) is 4.06. The molecule has 0 bridgehead atoms. The van der Waals surface area contributed by atoms with Crippen molar-refractivity contribution >= 4 is 44.4 Å². The Bertz CT molecular complexity index is 965. The molecule has 0 radical (unpaired) electrons. The molecule has 0 atom stereocenters. The van der Waals surface area contributed by atoms with E-state index >= 15 is 0 Å². The molecule has 6 heteroatoms. The fraction of sp³-hybridized carbons (Fsp3) is 0.211. The van der Waals surface area contributed by atoms with Crippen molar-refractivity contribution in [3.8, 4) is 17.0 Å². The zero-order chi connectivity index (χ0) is 18.1. The van der Waals surface area contributed by atoms with E-state index in [0.717, 1.165) is 32.2 Å². The summed E-state index contributed by atoms with van der Waals surface area (Å²) in [6.45, 7) is 4.40. The van der Waals surface area contributed by atoms with Gasteiger partial charge in [0, 0.05) is 15.4 Å². The van der Waals surface area contributed by atoms with Gasteiger partial charge in [0.1, 0.15) is 5.75 Å². The van der Waals surface area contributed by atoms with Crippen LogP contribution in [0.25, 0.3) is 22.2 Å². The number of aromatic amines is 1. The fourth-order valence-electron chi connectivity index (χ4n) is 3.00. The molecule has 130 valence electrons. The van der Waals surface area contributed by atoms with E-state index in [4.69, 9.17) is 16.3 Å². The molecular weight excluding hydrogens is 406 g/mol. The molecule has 1 heterocycles. The number of aromatic nitrogens is 1. The molecule has 0 amide bonds. The molecule has 0 saturated carbocycles. The molecule has 0 saturated heterocycles. The van der Waals surface area contributed by atoms with Gasteiger partial charge in [-0.3, -0.25) is 4.79 Å². The molecule has 3 aromatic rings. The van der Waals surface area contributed by atoms with Gasteiger partial charge in [-0.15, -0.1) is 0 Å². The molecular formula is C19H17BrClNO3. The van der Waals surface area contributed by atoms with Gasteiger partial charge in [-0.05, 0) is 49.2 Å². The highest BCUT2D eigenvalue weighted by Crippen LogP contribution is 2.40. The van der Waals surface area contributed by atoms with Gasteiger partial charge in [0.15, 0.2) is 0 Å². The van der Waals surface area contributed by atoms with E-state index in [2.05, 4.69) is 20.9 Å². The lowest BCUT2D eigenvalue weighted by Crippen LogP contribution is -2.02. The number of hydrogen-bond donors (Lipinski definition) is 2. The van der Waals surface area contributed by atoms with Crippen LogP contribution < -0.4 is 4.74 Å². The van der Waals surface area contributed by atoms with Gasteiger partial charge in [0.2, 0.25) is 0 Å². The van der Waals surface area contributed by atoms with E-state index in [-0.39, 0.29) is 6.42 Å². The van der Waals surface area contributed by atoms with Crippen molar-refractivity contribution in [2.45, 2.75) is 20.3 Å². The maximum absolute atomic E-state index is 11.5. The van der Waals surface area contributed by atoms with Gasteiger partial charge in [-0.1, -0.05) is 33.6 Å². The first-order valence-electron chi connectivity index (χ1n) is 7.86. The van der Waals surface area contributed by atoms with Crippen molar-refractivity contribution in [2.24, 2.45) is 0 Å². The van der Waals surface area contributed by atoms with Gasteiger partial charge in [0.25, 0.3) is 0 Å². The second-order valence-electron chi connectivity index (χ2n) is 5.74. The van der Waals surface area contributed by atoms with Crippen LogP contribution in [0.4, 0.5) is 0 Å². The van der Waals surface area contributed by atoms with Crippen molar-refractivity contribution < 1.29 is 14.6 Å². The summed E-state index contributed by atoms with van der Waals surface area (Å²) in [5, 5.41) is 10.7. The number of carboxylic acid groups (broad SMARTS) is 1. The number of carbonyl (C=O) groups is 1. The molecule has 0 spiro atoms. The summed E-state index contributed by atoms with van der Waals surface area (Å²) >= 11 is 9.88. The first-order valence-corrected chi connectivity index (χ1v) is 9.03. The van der Waals surface area contributed by atoms with Crippen LogP contribution in [-0.2, 0) is 11.2 Å². The van der Waals surface area contributed by atoms with Gasteiger partial charge in [0.05, 0.1) is 29.3 Å². The summed E-state index contributed by atoms with van der Waals surface area (Å²) in [5.74, 6) is -0.217. The van der Waals surface area contributed by atoms with Gasteiger partial charge < -0.3 is 14.8 Å². The van der Waals surface area contributed by atoms with Crippen molar-refractivity contribution in [1.82, 2.24) is 4.98 Å². The minimum atomic E-state index is -0.910. The number of hydrogen-bond acceptors (Lipinski definition) is 2. The van der Waals surface area contributed by atoms with Crippen LogP contribution in [0.15, 0.2) is 34.8 Å². The predicted octanol–water partition coefficient (Wildman–Crippen LogP) is 5.59. The number of carboxylic acids is 1. The maximum Gasteiger partial charge on any atom is 0.307 e. The Balaban J connectivity index is 2.37. The average molecular weight is 423 g/mol. The highest BCUT2D eigenvalue weighted by Gasteiger charge is 2.21. The lowest BCUT2D eigenvalue weighted by molar-refractivity contribution is -0.136. The average Bonchev–Trinajstić information content (AvgIpc) is 2.93. The van der Waals surface area contributed by atoms with Crippen molar-refractivity contribution in [3.63, 3.8) is 0 Å². The first-order chi connectivity index (χ1) is 11.9. The summed E-state index contributed by atoms with van der Waals surface area (Å²) in [4.78, 5) is 14.8. The highest BCUT2D eigenvalue weighted by atomic mass is 79.9. The lowest BCUT2D eigenvalue weighted by atomic mass is 10.0. The standard InChI is InChI=1S/C19H17BrClNO3/c1-3-25-15-7-5-11(20)8-12(15)19-13(9-16(23)24)17-14(21)6-4-10(2)18(17)22-19/h4-8,22H,3,9H2,1-2H3,(H,23,24). The zero-order valence-corrected chi connectivity index (χ0v) is 16.2. The maximum atomic E-state index is 11.5. The largest absolute Gasteiger partial charge is 0.493 e. The van der Waals surface area contributed by atoms with Crippen molar-refractivity contribution in [2.75, 3.05) is 6.61 Å². The molecule has 0 fully saturated rings. The first kappa shape index (κ1) is 17.8. The number of ether oxygens (including phenoxy) is 1. The number of aliphatic carboxylic acids is 1. The summed E-state index contributed by atoms with van der Waals surface area (Å²) in [6, 6.07) is 9.40. The van der Waals surface area contributed by atoms with Crippen molar-refractivity contribution in [3.05, 3.63) is 51.0 Å². The van der Waals surface area contributed by atoms with Crippen LogP contribution in [0.3, 0.4) is 0 Å². The zero-order valence-electron chi connectivity index (χ0n) is 13.8. The van der Waals surface area contributed by atoms with Gasteiger partial charge in [-0.25, -0.2) is 0 Å². The minimum absolute atomic E-state index is 0.128. The summed E-state index contributed by atoms with van der Waals surface area (Å²) < 4.78 is 6.62. The SMILES string of the molecule is CCOc1ccc(Br)cc1-c1[nH]c2c(C)ccc(Cl)c2c1CC(=O)O. The third-order valence-corrected chi connectivity index (χ3v) is 4.86. The van der Waals surface area contributed by atoms with E-state index in [1.165, 1.54) is 0 Å². The fourth-order valence-corrected chi connectivity index (χ4v) is 3.63. The van der Waals surface area contributed by atoms with Gasteiger partial charge in [-0.2, -0.15) is 0 Å². The quantitative estimate of drug-likeness (QED) is 0.564. The monoisotopic (exact) mass is 421 g/mol. The van der Waals surface area contributed by atoms with E-state index in [1.807, 2.05) is 38.1 Å². The van der Waals surface area contributed by atoms with Crippen molar-refractivity contribution in [1.29, 1.82) is 0 Å². The Morgan fingerprint density at radius 1 is 1.32 bits per heavy atom. The van der Waals surface area contributed by atoms with Crippen LogP contribution in [-0.4, -0.2) is 22.7 Å². The summed E-state index contributed by atoms with van der Waals surface area (Å²) in [7, 11) is 0. The van der Waals surface area contributed by atoms with E-state index < -0.39 is 5.97 Å². The Morgan fingerprint density at radius 3 is 2.76 bits per heavy atom. The van der Waals surface area contributed by atoms with E-state index in [9.17, 15) is 9.90 Å². The molecule has 0 unspecified atom stereocenters. The second kappa shape index (κ2) is 7.10. The molecule has 2 N–H and O–H groups in total. The molecule has 0 aliphatic heterocycles. The Kier molecular flexibility index (Phi) is 5.06. The number of fused-ring (bicyclic) bond motifs is 1. The topological polar surface area (TPSA) is 62.3 Å².